The molecular weight excluding hydrogens is 572 g/mol. The van der Waals surface area contributed by atoms with Crippen LogP contribution < -0.4 is 5.32 Å². The number of nitrogens with one attached hydrogen (secondary N) is 1. The number of methoxy groups -OCH3 is 1. The third kappa shape index (κ3) is 4.63. The number of aliphatic carboxylic acids is 1. The highest BCUT2D eigenvalue weighted by molar-refractivity contribution is 6.24. The fraction of sp³-hybridized carbons (Fsp3) is 0.343. The lowest BCUT2D eigenvalue weighted by atomic mass is 9.84. The second kappa shape index (κ2) is 11.3. The number of ether oxygens (including phenoxy) is 1. The van der Waals surface area contributed by atoms with Crippen LogP contribution in [-0.2, 0) is 14.3 Å². The number of esters is 1. The molecule has 232 valence electrons. The van der Waals surface area contributed by atoms with Crippen LogP contribution in [0.5, 0.6) is 0 Å². The van der Waals surface area contributed by atoms with Gasteiger partial charge in [0.2, 0.25) is 0 Å². The standard InChI is InChI=1S/C35H36N4O6/c1-7-18-15(3)22-11-23-16(4)20(9-10-28(41)42)32(38-23)30-31(35(44)45-6)34(43)29-17(5)24(39-33(29)30)12-26-19(8-2)21(14-40)27(37-26)13-25(18)36-22/h7,11-13,16,20,31,38,40,43H,1,8-10,14H2,2-6H3,(H,41,42). The molecule has 5 aliphatic heterocycles. The molecule has 1 fully saturated rings. The molecule has 0 saturated carbocycles. The first kappa shape index (κ1) is 30.2. The first-order valence-electron chi connectivity index (χ1n) is 15.1. The van der Waals surface area contributed by atoms with Gasteiger partial charge in [0.25, 0.3) is 0 Å². The summed E-state index contributed by atoms with van der Waals surface area (Å²) in [5.41, 5.74) is 10.0. The number of carboxylic acids is 1. The second-order valence-corrected chi connectivity index (χ2v) is 11.8. The third-order valence-corrected chi connectivity index (χ3v) is 9.53. The van der Waals surface area contributed by atoms with Gasteiger partial charge in [-0.1, -0.05) is 26.5 Å². The molecule has 3 unspecified atom stereocenters. The van der Waals surface area contributed by atoms with Crippen LogP contribution in [0.4, 0.5) is 0 Å². The number of hydrogen-bond donors (Lipinski definition) is 4. The maximum Gasteiger partial charge on any atom is 0.321 e. The molecule has 10 nitrogen and oxygen atoms in total. The van der Waals surface area contributed by atoms with Crippen LogP contribution in [0, 0.1) is 17.8 Å². The van der Waals surface area contributed by atoms with Crippen molar-refractivity contribution in [3.63, 3.8) is 0 Å². The lowest BCUT2D eigenvalue weighted by Crippen LogP contribution is -2.25. The molecule has 45 heavy (non-hydrogen) atoms. The lowest BCUT2D eigenvalue weighted by Gasteiger charge is -2.20. The molecule has 1 aliphatic carbocycles. The van der Waals surface area contributed by atoms with Gasteiger partial charge in [-0.3, -0.25) is 9.59 Å². The summed E-state index contributed by atoms with van der Waals surface area (Å²) >= 11 is 0. The van der Waals surface area contributed by atoms with E-state index in [1.165, 1.54) is 7.11 Å². The van der Waals surface area contributed by atoms with Crippen LogP contribution >= 0.6 is 0 Å². The Morgan fingerprint density at radius 2 is 1.80 bits per heavy atom. The Bertz CT molecular complexity index is 1830. The van der Waals surface area contributed by atoms with Crippen LogP contribution in [0.1, 0.15) is 47.0 Å². The van der Waals surface area contributed by atoms with Crippen molar-refractivity contribution in [1.82, 2.24) is 5.32 Å². The predicted octanol–water partition coefficient (Wildman–Crippen LogP) is 5.08. The zero-order valence-corrected chi connectivity index (χ0v) is 26.0. The topological polar surface area (TPSA) is 153 Å². The highest BCUT2D eigenvalue weighted by Crippen LogP contribution is 2.49. The largest absolute Gasteiger partial charge is 0.510 e. The van der Waals surface area contributed by atoms with Crippen molar-refractivity contribution in [1.29, 1.82) is 0 Å². The van der Waals surface area contributed by atoms with Crippen LogP contribution in [0.2, 0.25) is 0 Å². The zero-order valence-electron chi connectivity index (χ0n) is 26.0. The van der Waals surface area contributed by atoms with Crippen LogP contribution in [-0.4, -0.2) is 58.1 Å². The van der Waals surface area contributed by atoms with Gasteiger partial charge >= 0.3 is 11.9 Å². The summed E-state index contributed by atoms with van der Waals surface area (Å²) in [7, 11) is 1.27. The summed E-state index contributed by atoms with van der Waals surface area (Å²) in [6.07, 6.45) is 8.26. The summed E-state index contributed by atoms with van der Waals surface area (Å²) in [4.78, 5) is 39.8. The molecule has 8 bridgehead atoms. The van der Waals surface area contributed by atoms with Gasteiger partial charge < -0.3 is 25.4 Å². The Morgan fingerprint density at radius 3 is 2.44 bits per heavy atom. The lowest BCUT2D eigenvalue weighted by molar-refractivity contribution is -0.143. The maximum atomic E-state index is 13.2. The first-order valence-corrected chi connectivity index (χ1v) is 15.1. The molecule has 0 amide bonds. The van der Waals surface area contributed by atoms with E-state index >= 15 is 0 Å². The van der Waals surface area contributed by atoms with Crippen molar-refractivity contribution in [3.8, 4) is 0 Å². The number of aliphatic imine (C=N–C) groups is 3. The van der Waals surface area contributed by atoms with Crippen molar-refractivity contribution >= 4 is 29.1 Å². The fourth-order valence-electron chi connectivity index (χ4n) is 7.10. The van der Waals surface area contributed by atoms with E-state index in [0.29, 0.717) is 75.1 Å². The fourth-order valence-corrected chi connectivity index (χ4v) is 7.10. The molecule has 3 atom stereocenters. The number of carbonyl (C=O) groups is 2. The van der Waals surface area contributed by atoms with E-state index in [1.807, 2.05) is 45.9 Å². The van der Waals surface area contributed by atoms with E-state index in [4.69, 9.17) is 19.7 Å². The molecule has 5 heterocycles. The SMILES string of the molecule is C=CC1=C(C)C2=NC1=CC1=NC(=CC3=C(C)C4=C(O)C(C(=O)OC)C(=C5NC(=C2)C(C)C5CCC(=O)O)C4=N3)C(CC)=C1CO. The quantitative estimate of drug-likeness (QED) is 0.294. The summed E-state index contributed by atoms with van der Waals surface area (Å²) in [6.45, 7) is 11.6. The Morgan fingerprint density at radius 1 is 1.07 bits per heavy atom. The number of carboxylic acid groups (broad SMARTS) is 1. The number of fused-ring (bicyclic) bond motifs is 5. The second-order valence-electron chi connectivity index (χ2n) is 11.8. The van der Waals surface area contributed by atoms with Crippen LogP contribution in [0.15, 0.2) is 119 Å². The average Bonchev–Trinajstić information content (AvgIpc) is 3.76. The molecule has 1 saturated heterocycles. The van der Waals surface area contributed by atoms with Gasteiger partial charge in [-0.05, 0) is 61.6 Å². The van der Waals surface area contributed by atoms with Gasteiger partial charge in [0.15, 0.2) is 0 Å². The molecule has 10 heteroatoms. The number of allylic oxidation sites excluding steroid dienone is 10. The molecule has 0 aromatic carbocycles. The normalized spacial score (nSPS) is 25.3. The molecule has 0 spiro atoms. The maximum absolute atomic E-state index is 13.2. The number of carbonyl (C=O) groups excluding carboxylic acids is 1. The van der Waals surface area contributed by atoms with Crippen molar-refractivity contribution in [2.24, 2.45) is 32.7 Å². The molecule has 6 aliphatic rings. The smallest absolute Gasteiger partial charge is 0.321 e. The minimum atomic E-state index is -1.12. The van der Waals surface area contributed by atoms with E-state index < -0.39 is 17.9 Å². The molecule has 0 radical (unpaired) electrons. The average molecular weight is 609 g/mol. The molecule has 4 N–H and O–H groups in total. The van der Waals surface area contributed by atoms with Gasteiger partial charge in [-0.15, -0.1) is 0 Å². The highest BCUT2D eigenvalue weighted by atomic mass is 16.5. The summed E-state index contributed by atoms with van der Waals surface area (Å²) in [6, 6.07) is 0. The number of aliphatic hydroxyl groups is 2. The van der Waals surface area contributed by atoms with Crippen LogP contribution in [0.25, 0.3) is 0 Å². The number of hydrogen-bond acceptors (Lipinski definition) is 9. The monoisotopic (exact) mass is 608 g/mol. The molecular formula is C35H36N4O6. The van der Waals surface area contributed by atoms with E-state index in [2.05, 4.69) is 11.9 Å². The Hall–Kier alpha value is -4.83. The van der Waals surface area contributed by atoms with Gasteiger partial charge in [-0.2, -0.15) is 0 Å². The van der Waals surface area contributed by atoms with E-state index in [9.17, 15) is 24.9 Å². The van der Waals surface area contributed by atoms with Gasteiger partial charge in [0, 0.05) is 51.9 Å². The molecule has 0 aromatic rings. The summed E-state index contributed by atoms with van der Waals surface area (Å²) < 4.78 is 5.16. The van der Waals surface area contributed by atoms with Crippen molar-refractivity contribution in [2.75, 3.05) is 13.7 Å². The highest BCUT2D eigenvalue weighted by Gasteiger charge is 2.49. The predicted molar refractivity (Wildman–Crippen MR) is 171 cm³/mol. The Kier molecular flexibility index (Phi) is 7.56. The van der Waals surface area contributed by atoms with Crippen molar-refractivity contribution < 1.29 is 29.6 Å². The van der Waals surface area contributed by atoms with Crippen molar-refractivity contribution in [3.05, 3.63) is 104 Å². The zero-order chi connectivity index (χ0) is 32.3. The minimum absolute atomic E-state index is 0.0795. The van der Waals surface area contributed by atoms with Gasteiger partial charge in [0.05, 0.1) is 47.9 Å². The number of nitrogens with zero attached hydrogens (tertiary/aromatic N) is 3. The van der Waals surface area contributed by atoms with Gasteiger partial charge in [-0.25, -0.2) is 15.0 Å². The van der Waals surface area contributed by atoms with Crippen molar-refractivity contribution in [2.45, 2.75) is 47.0 Å². The number of aliphatic hydroxyl groups excluding tert-OH is 2. The van der Waals surface area contributed by atoms with Crippen LogP contribution in [0.3, 0.4) is 0 Å². The van der Waals surface area contributed by atoms with E-state index in [0.717, 1.165) is 22.4 Å². The molecule has 6 rings (SSSR count). The van der Waals surface area contributed by atoms with Gasteiger partial charge in [0.1, 0.15) is 11.7 Å². The first-order chi connectivity index (χ1) is 21.5. The van der Waals surface area contributed by atoms with E-state index in [1.54, 1.807) is 6.08 Å². The van der Waals surface area contributed by atoms with E-state index in [-0.39, 0.29) is 30.6 Å². The minimum Gasteiger partial charge on any atom is -0.510 e. The summed E-state index contributed by atoms with van der Waals surface area (Å²) in [5.74, 6) is -3.32. The Balaban J connectivity index is 1.68. The number of rotatable bonds is 7. The third-order valence-electron chi connectivity index (χ3n) is 9.53. The molecule has 0 aromatic heterocycles. The Labute approximate surface area is 261 Å². The summed E-state index contributed by atoms with van der Waals surface area (Å²) in [5, 5.41) is 35.1.